The molecule has 0 atom stereocenters. The van der Waals surface area contributed by atoms with Crippen LogP contribution in [0.2, 0.25) is 0 Å². The number of nitrogens with one attached hydrogen (secondary N) is 1. The van der Waals surface area contributed by atoms with Crippen molar-refractivity contribution in [3.05, 3.63) is 64.9 Å². The molecule has 1 aromatic heterocycles. The third-order valence-corrected chi connectivity index (χ3v) is 4.41. The molecule has 1 heterocycles. The minimum Gasteiger partial charge on any atom is -0.550 e. The molecule has 0 aliphatic carbocycles. The summed E-state index contributed by atoms with van der Waals surface area (Å²) in [6.07, 6.45) is -0.283. The van der Waals surface area contributed by atoms with E-state index < -0.39 is 11.9 Å². The van der Waals surface area contributed by atoms with Crippen LogP contribution in [0.15, 0.2) is 52.0 Å². The summed E-state index contributed by atoms with van der Waals surface area (Å²) in [6, 6.07) is 12.4. The second kappa shape index (κ2) is 7.96. The summed E-state index contributed by atoms with van der Waals surface area (Å²) >= 11 is 0. The number of fused-ring (bicyclic) bond motifs is 1. The summed E-state index contributed by atoms with van der Waals surface area (Å²) in [7, 11) is 1.46. The van der Waals surface area contributed by atoms with Crippen LogP contribution in [-0.2, 0) is 11.2 Å². The molecule has 3 rings (SSSR count). The van der Waals surface area contributed by atoms with E-state index in [9.17, 15) is 14.7 Å². The normalized spacial score (nSPS) is 11.5. The number of furan rings is 1. The predicted molar refractivity (Wildman–Crippen MR) is 102 cm³/mol. The zero-order chi connectivity index (χ0) is 20.3. The van der Waals surface area contributed by atoms with Gasteiger partial charge in [0.25, 0.3) is 0 Å². The van der Waals surface area contributed by atoms with E-state index in [0.29, 0.717) is 28.2 Å². The Bertz CT molecular complexity index is 1080. The smallest absolute Gasteiger partial charge is 0.307 e. The van der Waals surface area contributed by atoms with Gasteiger partial charge in [-0.3, -0.25) is 4.79 Å². The molecule has 0 spiro atoms. The predicted octanol–water partition coefficient (Wildman–Crippen LogP) is 2.20. The molecule has 0 bridgehead atoms. The van der Waals surface area contributed by atoms with Gasteiger partial charge in [-0.05, 0) is 43.7 Å². The maximum atomic E-state index is 12.5. The molecule has 0 saturated carbocycles. The molecule has 0 radical (unpaired) electrons. The maximum Gasteiger partial charge on any atom is 0.307 e. The Labute approximate surface area is 161 Å². The van der Waals surface area contributed by atoms with Gasteiger partial charge in [0.15, 0.2) is 5.76 Å². The number of aliphatic carboxylic acids is 1. The first kappa shape index (κ1) is 19.2. The third-order valence-electron chi connectivity index (χ3n) is 4.41. The molecule has 1 N–H and O–H groups in total. The lowest BCUT2D eigenvalue weighted by molar-refractivity contribution is -0.304. The number of carboxylic acid groups (broad SMARTS) is 1. The van der Waals surface area contributed by atoms with Crippen molar-refractivity contribution in [1.29, 1.82) is 0 Å². The fraction of sp³-hybridized carbons (Fsp3) is 0.190. The van der Waals surface area contributed by atoms with E-state index >= 15 is 0 Å². The van der Waals surface area contributed by atoms with E-state index in [1.165, 1.54) is 7.11 Å². The molecule has 0 unspecified atom stereocenters. The molecular formula is C21H19N2O5-. The van der Waals surface area contributed by atoms with E-state index in [4.69, 9.17) is 9.15 Å². The first-order valence-corrected chi connectivity index (χ1v) is 8.60. The number of nitrogens with zero attached hydrogens (tertiary/aromatic N) is 1. The fourth-order valence-corrected chi connectivity index (χ4v) is 2.94. The van der Waals surface area contributed by atoms with E-state index in [-0.39, 0.29) is 12.2 Å². The van der Waals surface area contributed by atoms with Crippen LogP contribution in [0.3, 0.4) is 0 Å². The second-order valence-corrected chi connectivity index (χ2v) is 6.27. The van der Waals surface area contributed by atoms with Crippen LogP contribution in [0, 0.1) is 6.92 Å². The SMILES string of the molecule is COc1ccc(/C(C)=N\NC(=O)c2oc3ccccc3c2C)cc1CC(=O)[O-]. The topological polar surface area (TPSA) is 104 Å². The van der Waals surface area contributed by atoms with Crippen molar-refractivity contribution in [2.24, 2.45) is 5.10 Å². The lowest BCUT2D eigenvalue weighted by Gasteiger charge is -2.11. The first-order chi connectivity index (χ1) is 13.4. The number of hydrogen-bond acceptors (Lipinski definition) is 6. The van der Waals surface area contributed by atoms with Crippen LogP contribution >= 0.6 is 0 Å². The molecule has 1 amide bonds. The van der Waals surface area contributed by atoms with Gasteiger partial charge >= 0.3 is 5.91 Å². The number of para-hydroxylation sites is 1. The highest BCUT2D eigenvalue weighted by molar-refractivity contribution is 6.02. The molecule has 2 aromatic carbocycles. The largest absolute Gasteiger partial charge is 0.550 e. The second-order valence-electron chi connectivity index (χ2n) is 6.27. The molecule has 7 heteroatoms. The molecule has 28 heavy (non-hydrogen) atoms. The number of methoxy groups -OCH3 is 1. The minimum absolute atomic E-state index is 0.199. The van der Waals surface area contributed by atoms with Gasteiger partial charge in [0.2, 0.25) is 0 Å². The van der Waals surface area contributed by atoms with Crippen molar-refractivity contribution in [3.63, 3.8) is 0 Å². The van der Waals surface area contributed by atoms with Crippen LogP contribution in [0.1, 0.15) is 34.2 Å². The van der Waals surface area contributed by atoms with Crippen LogP contribution in [0.4, 0.5) is 0 Å². The Hall–Kier alpha value is -3.61. The zero-order valence-corrected chi connectivity index (χ0v) is 15.7. The summed E-state index contributed by atoms with van der Waals surface area (Å²) < 4.78 is 10.8. The molecule has 0 saturated heterocycles. The number of hydrazone groups is 1. The monoisotopic (exact) mass is 379 g/mol. The van der Waals surface area contributed by atoms with Crippen molar-refractivity contribution in [1.82, 2.24) is 5.43 Å². The molecule has 0 aliphatic rings. The Morgan fingerprint density at radius 1 is 1.21 bits per heavy atom. The summed E-state index contributed by atoms with van der Waals surface area (Å²) in [4.78, 5) is 23.4. The van der Waals surface area contributed by atoms with Gasteiger partial charge in [0.1, 0.15) is 11.3 Å². The van der Waals surface area contributed by atoms with Crippen LogP contribution in [0.5, 0.6) is 5.75 Å². The van der Waals surface area contributed by atoms with Gasteiger partial charge in [-0.25, -0.2) is 5.43 Å². The molecule has 144 valence electrons. The third kappa shape index (κ3) is 3.88. The molecule has 0 fully saturated rings. The number of rotatable bonds is 6. The summed E-state index contributed by atoms with van der Waals surface area (Å²) in [5.41, 5.74) is 5.48. The fourth-order valence-electron chi connectivity index (χ4n) is 2.94. The summed E-state index contributed by atoms with van der Waals surface area (Å²) in [6.45, 7) is 3.52. The summed E-state index contributed by atoms with van der Waals surface area (Å²) in [5.74, 6) is -1.02. The Morgan fingerprint density at radius 3 is 2.64 bits per heavy atom. The molecule has 3 aromatic rings. The van der Waals surface area contributed by atoms with Gasteiger partial charge < -0.3 is 19.1 Å². The van der Waals surface area contributed by atoms with Gasteiger partial charge in [0.05, 0.1) is 12.8 Å². The molecule has 7 nitrogen and oxygen atoms in total. The van der Waals surface area contributed by atoms with Gasteiger partial charge in [-0.2, -0.15) is 5.10 Å². The molecular weight excluding hydrogens is 360 g/mol. The highest BCUT2D eigenvalue weighted by Crippen LogP contribution is 2.25. The van der Waals surface area contributed by atoms with Crippen LogP contribution < -0.4 is 15.3 Å². The van der Waals surface area contributed by atoms with Crippen molar-refractivity contribution in [2.45, 2.75) is 20.3 Å². The van der Waals surface area contributed by atoms with Crippen molar-refractivity contribution >= 4 is 28.6 Å². The van der Waals surface area contributed by atoms with Gasteiger partial charge in [-0.1, -0.05) is 18.2 Å². The van der Waals surface area contributed by atoms with Crippen LogP contribution in [0.25, 0.3) is 11.0 Å². The standard InChI is InChI=1S/C21H20N2O5/c1-12-16-6-4-5-7-18(16)28-20(12)21(26)23-22-13(2)14-8-9-17(27-3)15(10-14)11-19(24)25/h4-10H,11H2,1-3H3,(H,23,26)(H,24,25)/p-1/b22-13-. The number of hydrogen-bond donors (Lipinski definition) is 1. The number of ether oxygens (including phenoxy) is 1. The van der Waals surface area contributed by atoms with E-state index in [2.05, 4.69) is 10.5 Å². The number of carbonyl (C=O) groups is 2. The van der Waals surface area contributed by atoms with E-state index in [1.807, 2.05) is 25.1 Å². The Balaban J connectivity index is 1.82. The number of amides is 1. The average molecular weight is 379 g/mol. The quantitative estimate of drug-likeness (QED) is 0.522. The Kier molecular flexibility index (Phi) is 5.44. The summed E-state index contributed by atoms with van der Waals surface area (Å²) in [5, 5.41) is 15.9. The number of aryl methyl sites for hydroxylation is 1. The van der Waals surface area contributed by atoms with E-state index in [0.717, 1.165) is 10.9 Å². The van der Waals surface area contributed by atoms with Crippen molar-refractivity contribution in [3.8, 4) is 5.75 Å². The number of carbonyl (C=O) groups excluding carboxylic acids is 2. The molecule has 0 aliphatic heterocycles. The Morgan fingerprint density at radius 2 is 1.96 bits per heavy atom. The lowest BCUT2D eigenvalue weighted by Crippen LogP contribution is -2.24. The highest BCUT2D eigenvalue weighted by Gasteiger charge is 2.17. The first-order valence-electron chi connectivity index (χ1n) is 8.60. The number of benzene rings is 2. The van der Waals surface area contributed by atoms with E-state index in [1.54, 1.807) is 31.2 Å². The minimum atomic E-state index is -1.21. The maximum absolute atomic E-state index is 12.5. The number of carboxylic acids is 1. The lowest BCUT2D eigenvalue weighted by atomic mass is 10.0. The van der Waals surface area contributed by atoms with Crippen molar-refractivity contribution < 1.29 is 23.8 Å². The highest BCUT2D eigenvalue weighted by atomic mass is 16.5. The van der Waals surface area contributed by atoms with Gasteiger partial charge in [0, 0.05) is 28.9 Å². The average Bonchev–Trinajstić information content (AvgIpc) is 3.02. The van der Waals surface area contributed by atoms with Crippen molar-refractivity contribution in [2.75, 3.05) is 7.11 Å². The zero-order valence-electron chi connectivity index (χ0n) is 15.7. The van der Waals surface area contributed by atoms with Crippen LogP contribution in [-0.4, -0.2) is 24.7 Å². The van der Waals surface area contributed by atoms with Gasteiger partial charge in [-0.15, -0.1) is 0 Å².